The van der Waals surface area contributed by atoms with Gasteiger partial charge in [-0.25, -0.2) is 9.07 Å². The molecule has 1 aromatic heterocycles. The summed E-state index contributed by atoms with van der Waals surface area (Å²) in [5.41, 5.74) is 2.00. The van der Waals surface area contributed by atoms with Crippen molar-refractivity contribution in [3.05, 3.63) is 47.5 Å². The van der Waals surface area contributed by atoms with Crippen LogP contribution in [-0.4, -0.2) is 22.0 Å². The molecule has 102 valence electrons. The minimum Gasteiger partial charge on any atom is -0.311 e. The van der Waals surface area contributed by atoms with Crippen molar-refractivity contribution in [1.29, 1.82) is 0 Å². The predicted molar refractivity (Wildman–Crippen MR) is 72.2 cm³/mol. The molecule has 1 aromatic carbocycles. The van der Waals surface area contributed by atoms with Crippen molar-refractivity contribution in [2.45, 2.75) is 32.4 Å². The molecule has 1 heterocycles. The van der Waals surface area contributed by atoms with Gasteiger partial charge in [-0.2, -0.15) is 0 Å². The van der Waals surface area contributed by atoms with Gasteiger partial charge in [0.1, 0.15) is 5.82 Å². The highest BCUT2D eigenvalue weighted by atomic mass is 19.1. The number of aryl methyl sites for hydroxylation is 1. The van der Waals surface area contributed by atoms with Gasteiger partial charge in [0.25, 0.3) is 0 Å². The van der Waals surface area contributed by atoms with Crippen LogP contribution >= 0.6 is 0 Å². The van der Waals surface area contributed by atoms with E-state index in [0.717, 1.165) is 24.2 Å². The molecule has 5 heteroatoms. The van der Waals surface area contributed by atoms with Gasteiger partial charge < -0.3 is 5.32 Å². The van der Waals surface area contributed by atoms with Crippen LogP contribution in [0, 0.1) is 5.82 Å². The molecule has 0 amide bonds. The average molecular weight is 262 g/mol. The molecule has 1 unspecified atom stereocenters. The second-order valence-electron chi connectivity index (χ2n) is 4.56. The fraction of sp³-hybridized carbons (Fsp3) is 0.429. The molecular formula is C14H19FN4. The second kappa shape index (κ2) is 6.43. The molecule has 0 bridgehead atoms. The third kappa shape index (κ3) is 3.38. The highest BCUT2D eigenvalue weighted by Crippen LogP contribution is 2.18. The lowest BCUT2D eigenvalue weighted by molar-refractivity contribution is 0.490. The summed E-state index contributed by atoms with van der Waals surface area (Å²) in [6.45, 7) is 2.95. The molecule has 19 heavy (non-hydrogen) atoms. The lowest BCUT2D eigenvalue weighted by atomic mass is 10.0. The summed E-state index contributed by atoms with van der Waals surface area (Å²) in [7, 11) is 1.90. The molecule has 0 aliphatic carbocycles. The molecule has 0 saturated heterocycles. The molecule has 4 nitrogen and oxygen atoms in total. The first-order valence-corrected chi connectivity index (χ1v) is 6.54. The van der Waals surface area contributed by atoms with Crippen molar-refractivity contribution in [2.24, 2.45) is 0 Å². The largest absolute Gasteiger partial charge is 0.311 e. The van der Waals surface area contributed by atoms with E-state index in [9.17, 15) is 4.39 Å². The topological polar surface area (TPSA) is 42.7 Å². The first kappa shape index (κ1) is 13.7. The van der Waals surface area contributed by atoms with Gasteiger partial charge in [-0.15, -0.1) is 5.10 Å². The van der Waals surface area contributed by atoms with Gasteiger partial charge in [0.15, 0.2) is 0 Å². The molecule has 2 rings (SSSR count). The maximum Gasteiger partial charge on any atom is 0.123 e. The number of hydrogen-bond acceptors (Lipinski definition) is 3. The summed E-state index contributed by atoms with van der Waals surface area (Å²) in [5, 5.41) is 11.3. The van der Waals surface area contributed by atoms with Crippen LogP contribution in [0.3, 0.4) is 0 Å². The Bertz CT molecular complexity index is 524. The second-order valence-corrected chi connectivity index (χ2v) is 4.56. The summed E-state index contributed by atoms with van der Waals surface area (Å²) in [6, 6.07) is 6.78. The molecule has 0 fully saturated rings. The molecule has 0 aliphatic heterocycles. The van der Waals surface area contributed by atoms with E-state index < -0.39 is 0 Å². The number of likely N-dealkylation sites (N-methyl/N-ethyl adjacent to an activating group) is 1. The monoisotopic (exact) mass is 262 g/mol. The Morgan fingerprint density at radius 3 is 2.95 bits per heavy atom. The van der Waals surface area contributed by atoms with Gasteiger partial charge in [-0.3, -0.25) is 0 Å². The highest BCUT2D eigenvalue weighted by molar-refractivity contribution is 5.19. The normalized spacial score (nSPS) is 12.6. The Balaban J connectivity index is 2.18. The number of benzene rings is 1. The van der Waals surface area contributed by atoms with Gasteiger partial charge in [-0.1, -0.05) is 24.3 Å². The van der Waals surface area contributed by atoms with Crippen molar-refractivity contribution in [3.8, 4) is 0 Å². The number of halogens is 1. The maximum atomic E-state index is 13.2. The van der Waals surface area contributed by atoms with Crippen molar-refractivity contribution in [1.82, 2.24) is 20.3 Å². The van der Waals surface area contributed by atoms with Crippen LogP contribution in [0.15, 0.2) is 30.5 Å². The zero-order chi connectivity index (χ0) is 13.7. The zero-order valence-electron chi connectivity index (χ0n) is 11.3. The summed E-state index contributed by atoms with van der Waals surface area (Å²) >= 11 is 0. The van der Waals surface area contributed by atoms with E-state index in [4.69, 9.17) is 0 Å². The Kier molecular flexibility index (Phi) is 4.63. The third-order valence-electron chi connectivity index (χ3n) is 3.12. The van der Waals surface area contributed by atoms with Crippen LogP contribution in [0.4, 0.5) is 4.39 Å². The van der Waals surface area contributed by atoms with Gasteiger partial charge in [-0.05, 0) is 37.6 Å². The Morgan fingerprint density at radius 2 is 2.26 bits per heavy atom. The zero-order valence-corrected chi connectivity index (χ0v) is 11.3. The maximum absolute atomic E-state index is 13.2. The molecule has 0 radical (unpaired) electrons. The van der Waals surface area contributed by atoms with Crippen LogP contribution in [0.25, 0.3) is 0 Å². The van der Waals surface area contributed by atoms with Crippen LogP contribution in [0.1, 0.15) is 30.6 Å². The number of hydrogen-bond donors (Lipinski definition) is 1. The van der Waals surface area contributed by atoms with Crippen LogP contribution in [0.2, 0.25) is 0 Å². The van der Waals surface area contributed by atoms with E-state index in [1.54, 1.807) is 18.3 Å². The Hall–Kier alpha value is -1.75. The Labute approximate surface area is 112 Å². The van der Waals surface area contributed by atoms with Crippen molar-refractivity contribution in [3.63, 3.8) is 0 Å². The Morgan fingerprint density at radius 1 is 1.42 bits per heavy atom. The molecule has 1 N–H and O–H groups in total. The first-order valence-electron chi connectivity index (χ1n) is 6.54. The van der Waals surface area contributed by atoms with E-state index in [1.807, 2.05) is 17.8 Å². The van der Waals surface area contributed by atoms with E-state index in [-0.39, 0.29) is 11.9 Å². The van der Waals surface area contributed by atoms with Gasteiger partial charge in [0, 0.05) is 6.54 Å². The smallest absolute Gasteiger partial charge is 0.123 e. The molecule has 1 atom stereocenters. The van der Waals surface area contributed by atoms with Crippen molar-refractivity contribution < 1.29 is 4.39 Å². The predicted octanol–water partition coefficient (Wildman–Crippen LogP) is 2.33. The SMILES string of the molecule is CCCn1nncc1C(Cc1cccc(F)c1)NC. The molecule has 2 aromatic rings. The summed E-state index contributed by atoms with van der Waals surface area (Å²) in [4.78, 5) is 0. The van der Waals surface area contributed by atoms with E-state index >= 15 is 0 Å². The molecule has 0 saturated carbocycles. The van der Waals surface area contributed by atoms with E-state index in [1.165, 1.54) is 6.07 Å². The molecule has 0 aliphatic rings. The fourth-order valence-corrected chi connectivity index (χ4v) is 2.18. The summed E-state index contributed by atoms with van der Waals surface area (Å²) in [6.07, 6.45) is 3.49. The van der Waals surface area contributed by atoms with Gasteiger partial charge in [0.2, 0.25) is 0 Å². The van der Waals surface area contributed by atoms with Crippen molar-refractivity contribution in [2.75, 3.05) is 7.05 Å². The van der Waals surface area contributed by atoms with Crippen LogP contribution < -0.4 is 5.32 Å². The number of rotatable bonds is 6. The minimum absolute atomic E-state index is 0.0864. The van der Waals surface area contributed by atoms with Crippen molar-refractivity contribution >= 4 is 0 Å². The summed E-state index contributed by atoms with van der Waals surface area (Å²) < 4.78 is 15.1. The first-order chi connectivity index (χ1) is 9.24. The standard InChI is InChI=1S/C14H19FN4/c1-3-7-19-14(10-17-18-19)13(16-2)9-11-5-4-6-12(15)8-11/h4-6,8,10,13,16H,3,7,9H2,1-2H3. The molecular weight excluding hydrogens is 243 g/mol. The third-order valence-corrected chi connectivity index (χ3v) is 3.12. The number of nitrogens with one attached hydrogen (secondary N) is 1. The van der Waals surface area contributed by atoms with Gasteiger partial charge >= 0.3 is 0 Å². The highest BCUT2D eigenvalue weighted by Gasteiger charge is 2.15. The van der Waals surface area contributed by atoms with E-state index in [0.29, 0.717) is 6.42 Å². The fourth-order valence-electron chi connectivity index (χ4n) is 2.18. The van der Waals surface area contributed by atoms with E-state index in [2.05, 4.69) is 22.6 Å². The quantitative estimate of drug-likeness (QED) is 0.869. The lowest BCUT2D eigenvalue weighted by Gasteiger charge is -2.17. The summed E-state index contributed by atoms with van der Waals surface area (Å²) in [5.74, 6) is -0.201. The lowest BCUT2D eigenvalue weighted by Crippen LogP contribution is -2.22. The van der Waals surface area contributed by atoms with Crippen LogP contribution in [-0.2, 0) is 13.0 Å². The van der Waals surface area contributed by atoms with Crippen LogP contribution in [0.5, 0.6) is 0 Å². The minimum atomic E-state index is -0.201. The molecule has 0 spiro atoms. The van der Waals surface area contributed by atoms with Gasteiger partial charge in [0.05, 0.1) is 17.9 Å². The average Bonchev–Trinajstić information content (AvgIpc) is 2.85. The number of nitrogens with zero attached hydrogens (tertiary/aromatic N) is 3. The number of aromatic nitrogens is 3.